The fourth-order valence-electron chi connectivity index (χ4n) is 1.52. The van der Waals surface area contributed by atoms with E-state index in [1.807, 2.05) is 0 Å². The van der Waals surface area contributed by atoms with Gasteiger partial charge >= 0.3 is 11.9 Å². The molecule has 10 heteroatoms. The Morgan fingerprint density at radius 3 is 1.20 bits per heavy atom. The Balaban J connectivity index is 0.000000702. The molecule has 0 aliphatic heterocycles. The molecule has 0 unspecified atom stereocenters. The lowest BCUT2D eigenvalue weighted by Crippen LogP contribution is -2.06. The van der Waals surface area contributed by atoms with Gasteiger partial charge in [0.1, 0.15) is 0 Å². The Labute approximate surface area is 183 Å². The summed E-state index contributed by atoms with van der Waals surface area (Å²) in [6, 6.07) is 13.3. The number of hydrogen-bond acceptors (Lipinski definition) is 6. The van der Waals surface area contributed by atoms with Gasteiger partial charge in [-0.25, -0.2) is 9.59 Å². The standard InChI is InChI=1S/C14H10O4S2.2C3H7NO/c15-13(16)9-5-1-3-7-11(9)19-20-12-8-4-2-6-10(12)14(17)18;2*1-4(2)3-5/h1-8H,(H,15,16)(H,17,18);2*3H,1-2H3. The van der Waals surface area contributed by atoms with Gasteiger partial charge < -0.3 is 20.0 Å². The van der Waals surface area contributed by atoms with Crippen LogP contribution >= 0.6 is 21.6 Å². The van der Waals surface area contributed by atoms with Crippen molar-refractivity contribution in [2.45, 2.75) is 9.79 Å². The Kier molecular flexibility index (Phi) is 13.5. The number of carbonyl (C=O) groups is 4. The second-order valence-electron chi connectivity index (χ2n) is 5.91. The lowest BCUT2D eigenvalue weighted by atomic mass is 10.2. The number of hydrogen-bond donors (Lipinski definition) is 2. The predicted octanol–water partition coefficient (Wildman–Crippen LogP) is 3.29. The highest BCUT2D eigenvalue weighted by molar-refractivity contribution is 8.76. The first-order chi connectivity index (χ1) is 14.1. The molecule has 0 radical (unpaired) electrons. The fraction of sp³-hybridized carbons (Fsp3) is 0.200. The van der Waals surface area contributed by atoms with E-state index in [0.29, 0.717) is 9.79 Å². The number of benzene rings is 2. The van der Waals surface area contributed by atoms with E-state index in [-0.39, 0.29) is 11.1 Å². The van der Waals surface area contributed by atoms with Crippen LogP contribution in [0.25, 0.3) is 0 Å². The van der Waals surface area contributed by atoms with Crippen molar-refractivity contribution in [3.63, 3.8) is 0 Å². The molecule has 0 bridgehead atoms. The highest BCUT2D eigenvalue weighted by Crippen LogP contribution is 2.40. The Morgan fingerprint density at radius 2 is 0.967 bits per heavy atom. The quantitative estimate of drug-likeness (QED) is 0.486. The maximum atomic E-state index is 11.1. The molecule has 2 rings (SSSR count). The molecule has 2 aromatic carbocycles. The summed E-state index contributed by atoms with van der Waals surface area (Å²) in [4.78, 5) is 45.1. The zero-order valence-electron chi connectivity index (χ0n) is 17.0. The van der Waals surface area contributed by atoms with Gasteiger partial charge in [-0.15, -0.1) is 0 Å². The first-order valence-electron chi connectivity index (χ1n) is 8.36. The van der Waals surface area contributed by atoms with Crippen LogP contribution in [0.4, 0.5) is 0 Å². The van der Waals surface area contributed by atoms with Crippen LogP contribution in [-0.2, 0) is 9.59 Å². The van der Waals surface area contributed by atoms with Crippen molar-refractivity contribution in [3.8, 4) is 0 Å². The topological polar surface area (TPSA) is 115 Å². The molecule has 0 saturated heterocycles. The molecule has 0 spiro atoms. The molecule has 0 aliphatic rings. The van der Waals surface area contributed by atoms with Gasteiger partial charge in [0.25, 0.3) is 0 Å². The van der Waals surface area contributed by atoms with Gasteiger partial charge in [0, 0.05) is 38.0 Å². The van der Waals surface area contributed by atoms with Gasteiger partial charge in [0.2, 0.25) is 12.8 Å². The lowest BCUT2D eigenvalue weighted by molar-refractivity contribution is -0.116. The largest absolute Gasteiger partial charge is 0.478 e. The van der Waals surface area contributed by atoms with E-state index in [4.69, 9.17) is 10.2 Å². The summed E-state index contributed by atoms with van der Waals surface area (Å²) in [6.45, 7) is 0. The number of nitrogens with zero attached hydrogens (tertiary/aromatic N) is 2. The second-order valence-corrected chi connectivity index (χ2v) is 8.12. The summed E-state index contributed by atoms with van der Waals surface area (Å²) in [5.74, 6) is -2.00. The van der Waals surface area contributed by atoms with E-state index in [1.165, 1.54) is 43.5 Å². The second kappa shape index (κ2) is 14.9. The van der Waals surface area contributed by atoms with Gasteiger partial charge in [-0.2, -0.15) is 0 Å². The number of aromatic carboxylic acids is 2. The third-order valence-corrected chi connectivity index (χ3v) is 5.36. The normalized spacial score (nSPS) is 9.07. The minimum absolute atomic E-state index is 0.206. The molecule has 2 N–H and O–H groups in total. The van der Waals surface area contributed by atoms with Crippen molar-refractivity contribution < 1.29 is 29.4 Å². The number of amides is 2. The van der Waals surface area contributed by atoms with E-state index >= 15 is 0 Å². The molecular weight excluding hydrogens is 428 g/mol. The summed E-state index contributed by atoms with van der Waals surface area (Å²) in [6.07, 6.45) is 1.50. The zero-order valence-corrected chi connectivity index (χ0v) is 18.6. The van der Waals surface area contributed by atoms with Crippen molar-refractivity contribution in [2.75, 3.05) is 28.2 Å². The van der Waals surface area contributed by atoms with E-state index < -0.39 is 11.9 Å². The third kappa shape index (κ3) is 11.1. The predicted molar refractivity (Wildman–Crippen MR) is 118 cm³/mol. The molecule has 8 nitrogen and oxygen atoms in total. The zero-order chi connectivity index (χ0) is 23.1. The number of carbonyl (C=O) groups excluding carboxylic acids is 2. The van der Waals surface area contributed by atoms with Gasteiger partial charge in [-0.3, -0.25) is 9.59 Å². The van der Waals surface area contributed by atoms with Gasteiger partial charge in [0.15, 0.2) is 0 Å². The first-order valence-corrected chi connectivity index (χ1v) is 10.5. The van der Waals surface area contributed by atoms with Gasteiger partial charge in [-0.05, 0) is 24.3 Å². The van der Waals surface area contributed by atoms with Crippen molar-refractivity contribution in [1.29, 1.82) is 0 Å². The van der Waals surface area contributed by atoms with Crippen LogP contribution in [0, 0.1) is 0 Å². The van der Waals surface area contributed by atoms with Crippen LogP contribution in [-0.4, -0.2) is 73.0 Å². The Hall–Kier alpha value is -2.98. The summed E-state index contributed by atoms with van der Waals surface area (Å²) in [7, 11) is 9.22. The molecule has 2 amide bonds. The van der Waals surface area contributed by atoms with Crippen LogP contribution in [0.3, 0.4) is 0 Å². The van der Waals surface area contributed by atoms with Crippen LogP contribution in [0.5, 0.6) is 0 Å². The SMILES string of the molecule is CN(C)C=O.CN(C)C=O.O=C(O)c1ccccc1SSc1ccccc1C(=O)O. The van der Waals surface area contributed by atoms with Crippen LogP contribution in [0.1, 0.15) is 20.7 Å². The molecule has 0 atom stereocenters. The average molecular weight is 453 g/mol. The monoisotopic (exact) mass is 452 g/mol. The van der Waals surface area contributed by atoms with Gasteiger partial charge in [0.05, 0.1) is 11.1 Å². The molecule has 2 aromatic rings. The summed E-state index contributed by atoms with van der Waals surface area (Å²) >= 11 is 0. The molecule has 0 aliphatic carbocycles. The van der Waals surface area contributed by atoms with E-state index in [2.05, 4.69) is 0 Å². The molecule has 162 valence electrons. The van der Waals surface area contributed by atoms with E-state index in [1.54, 1.807) is 64.6 Å². The summed E-state index contributed by atoms with van der Waals surface area (Å²) in [5, 5.41) is 18.2. The van der Waals surface area contributed by atoms with Crippen molar-refractivity contribution in [2.24, 2.45) is 0 Å². The molecule has 0 saturated carbocycles. The van der Waals surface area contributed by atoms with Crippen molar-refractivity contribution in [1.82, 2.24) is 9.80 Å². The number of carboxylic acid groups (broad SMARTS) is 2. The Bertz CT molecular complexity index is 774. The first kappa shape index (κ1) is 27.0. The minimum Gasteiger partial charge on any atom is -0.478 e. The van der Waals surface area contributed by atoms with Gasteiger partial charge in [-0.1, -0.05) is 45.9 Å². The molecule has 30 heavy (non-hydrogen) atoms. The van der Waals surface area contributed by atoms with E-state index in [9.17, 15) is 19.2 Å². The van der Waals surface area contributed by atoms with Crippen molar-refractivity contribution >= 4 is 46.3 Å². The molecule has 0 fully saturated rings. The van der Waals surface area contributed by atoms with Crippen LogP contribution in [0.2, 0.25) is 0 Å². The maximum absolute atomic E-state index is 11.1. The maximum Gasteiger partial charge on any atom is 0.336 e. The fourth-order valence-corrected chi connectivity index (χ4v) is 3.87. The number of carboxylic acids is 2. The smallest absolute Gasteiger partial charge is 0.336 e. The third-order valence-electron chi connectivity index (χ3n) is 2.88. The summed E-state index contributed by atoms with van der Waals surface area (Å²) < 4.78 is 0. The average Bonchev–Trinajstić information content (AvgIpc) is 2.73. The van der Waals surface area contributed by atoms with Crippen LogP contribution in [0.15, 0.2) is 58.3 Å². The highest BCUT2D eigenvalue weighted by Gasteiger charge is 2.13. The van der Waals surface area contributed by atoms with Crippen molar-refractivity contribution in [3.05, 3.63) is 59.7 Å². The van der Waals surface area contributed by atoms with Crippen LogP contribution < -0.4 is 0 Å². The Morgan fingerprint density at radius 1 is 0.700 bits per heavy atom. The molecule has 0 heterocycles. The molecular formula is C20H24N2O6S2. The minimum atomic E-state index is -1.000. The van der Waals surface area contributed by atoms with E-state index in [0.717, 1.165) is 12.8 Å². The summed E-state index contributed by atoms with van der Waals surface area (Å²) in [5.41, 5.74) is 0.413. The molecule has 0 aromatic heterocycles. The number of rotatable bonds is 7. The highest BCUT2D eigenvalue weighted by atomic mass is 33.1. The lowest BCUT2D eigenvalue weighted by Gasteiger charge is -2.06.